The van der Waals surface area contributed by atoms with Gasteiger partial charge >= 0.3 is 0 Å². The SMILES string of the molecule is Cc1ccc(-c2cc(CS)c(=O)[nH]n2)c(C)c1. The third kappa shape index (κ3) is 2.42. The van der Waals surface area contributed by atoms with Gasteiger partial charge in [-0.1, -0.05) is 23.8 Å². The number of aryl methyl sites for hydroxylation is 2. The fourth-order valence-corrected chi connectivity index (χ4v) is 2.04. The summed E-state index contributed by atoms with van der Waals surface area (Å²) >= 11 is 4.13. The van der Waals surface area contributed by atoms with E-state index in [2.05, 4.69) is 35.8 Å². The molecule has 1 aromatic heterocycles. The van der Waals surface area contributed by atoms with E-state index in [0.29, 0.717) is 11.3 Å². The van der Waals surface area contributed by atoms with Gasteiger partial charge in [-0.3, -0.25) is 4.79 Å². The van der Waals surface area contributed by atoms with Crippen LogP contribution in [0.5, 0.6) is 0 Å². The number of aromatic nitrogens is 2. The minimum atomic E-state index is -0.173. The molecule has 88 valence electrons. The number of nitrogens with one attached hydrogen (secondary N) is 1. The van der Waals surface area contributed by atoms with Crippen molar-refractivity contribution in [3.8, 4) is 11.3 Å². The van der Waals surface area contributed by atoms with Crippen molar-refractivity contribution in [3.05, 3.63) is 51.3 Å². The highest BCUT2D eigenvalue weighted by Crippen LogP contribution is 2.21. The average molecular weight is 246 g/mol. The van der Waals surface area contributed by atoms with E-state index in [9.17, 15) is 4.79 Å². The Labute approximate surface area is 105 Å². The number of H-pyrrole nitrogens is 1. The molecule has 0 aliphatic heterocycles. The molecule has 2 rings (SSSR count). The molecule has 0 bridgehead atoms. The average Bonchev–Trinajstić information content (AvgIpc) is 2.30. The summed E-state index contributed by atoms with van der Waals surface area (Å²) < 4.78 is 0. The maximum absolute atomic E-state index is 11.4. The number of nitrogens with zero attached hydrogens (tertiary/aromatic N) is 1. The van der Waals surface area contributed by atoms with Crippen LogP contribution in [0.3, 0.4) is 0 Å². The van der Waals surface area contributed by atoms with Crippen LogP contribution in [0.2, 0.25) is 0 Å². The van der Waals surface area contributed by atoms with Crippen molar-refractivity contribution < 1.29 is 0 Å². The maximum atomic E-state index is 11.4. The minimum Gasteiger partial charge on any atom is -0.268 e. The number of hydrogen-bond donors (Lipinski definition) is 2. The molecule has 1 aromatic carbocycles. The molecule has 0 unspecified atom stereocenters. The van der Waals surface area contributed by atoms with Crippen LogP contribution in [0, 0.1) is 13.8 Å². The van der Waals surface area contributed by atoms with Crippen LogP contribution in [-0.4, -0.2) is 10.2 Å². The first-order valence-corrected chi connectivity index (χ1v) is 6.02. The third-order valence-corrected chi connectivity index (χ3v) is 3.05. The number of aromatic amines is 1. The molecular weight excluding hydrogens is 232 g/mol. The van der Waals surface area contributed by atoms with Gasteiger partial charge in [0, 0.05) is 16.9 Å². The van der Waals surface area contributed by atoms with Crippen LogP contribution in [0.1, 0.15) is 16.7 Å². The fourth-order valence-electron chi connectivity index (χ4n) is 1.80. The van der Waals surface area contributed by atoms with Gasteiger partial charge in [-0.05, 0) is 25.5 Å². The number of thiol groups is 1. The molecule has 0 spiro atoms. The summed E-state index contributed by atoms with van der Waals surface area (Å²) in [6, 6.07) is 7.95. The lowest BCUT2D eigenvalue weighted by molar-refractivity contribution is 0.971. The van der Waals surface area contributed by atoms with Crippen LogP contribution in [-0.2, 0) is 5.75 Å². The number of hydrogen-bond acceptors (Lipinski definition) is 3. The van der Waals surface area contributed by atoms with E-state index in [1.54, 1.807) is 6.07 Å². The van der Waals surface area contributed by atoms with Crippen molar-refractivity contribution in [2.45, 2.75) is 19.6 Å². The molecule has 17 heavy (non-hydrogen) atoms. The van der Waals surface area contributed by atoms with E-state index >= 15 is 0 Å². The Hall–Kier alpha value is -1.55. The zero-order valence-electron chi connectivity index (χ0n) is 9.82. The number of benzene rings is 1. The molecule has 0 aliphatic carbocycles. The molecule has 1 N–H and O–H groups in total. The topological polar surface area (TPSA) is 45.8 Å². The monoisotopic (exact) mass is 246 g/mol. The zero-order valence-corrected chi connectivity index (χ0v) is 10.7. The lowest BCUT2D eigenvalue weighted by Gasteiger charge is -2.06. The normalized spacial score (nSPS) is 10.5. The lowest BCUT2D eigenvalue weighted by Crippen LogP contribution is -2.13. The Kier molecular flexibility index (Phi) is 3.33. The van der Waals surface area contributed by atoms with Gasteiger partial charge in [0.05, 0.1) is 5.69 Å². The third-order valence-electron chi connectivity index (χ3n) is 2.71. The van der Waals surface area contributed by atoms with E-state index in [4.69, 9.17) is 0 Å². The van der Waals surface area contributed by atoms with Crippen molar-refractivity contribution in [2.24, 2.45) is 0 Å². The Morgan fingerprint density at radius 3 is 2.71 bits per heavy atom. The van der Waals surface area contributed by atoms with Gasteiger partial charge in [-0.25, -0.2) is 5.10 Å². The highest BCUT2D eigenvalue weighted by Gasteiger charge is 2.06. The second-order valence-corrected chi connectivity index (χ2v) is 4.40. The van der Waals surface area contributed by atoms with Crippen LogP contribution < -0.4 is 5.56 Å². The molecule has 0 aliphatic rings. The summed E-state index contributed by atoms with van der Waals surface area (Å²) in [4.78, 5) is 11.4. The first-order chi connectivity index (χ1) is 8.11. The van der Waals surface area contributed by atoms with Crippen molar-refractivity contribution in [1.29, 1.82) is 0 Å². The summed E-state index contributed by atoms with van der Waals surface area (Å²) in [5.41, 5.74) is 4.65. The lowest BCUT2D eigenvalue weighted by atomic mass is 10.0. The predicted molar refractivity (Wildman–Crippen MR) is 72.5 cm³/mol. The van der Waals surface area contributed by atoms with E-state index in [1.807, 2.05) is 19.1 Å². The van der Waals surface area contributed by atoms with Gasteiger partial charge < -0.3 is 0 Å². The first-order valence-electron chi connectivity index (χ1n) is 5.39. The van der Waals surface area contributed by atoms with E-state index < -0.39 is 0 Å². The van der Waals surface area contributed by atoms with Crippen molar-refractivity contribution in [1.82, 2.24) is 10.2 Å². The molecule has 0 saturated heterocycles. The van der Waals surface area contributed by atoms with Gasteiger partial charge in [0.1, 0.15) is 0 Å². The fraction of sp³-hybridized carbons (Fsp3) is 0.231. The Balaban J connectivity index is 2.57. The highest BCUT2D eigenvalue weighted by molar-refractivity contribution is 7.79. The summed E-state index contributed by atoms with van der Waals surface area (Å²) in [5, 5.41) is 6.58. The van der Waals surface area contributed by atoms with Gasteiger partial charge in [0.15, 0.2) is 0 Å². The molecule has 0 radical (unpaired) electrons. The largest absolute Gasteiger partial charge is 0.268 e. The minimum absolute atomic E-state index is 0.173. The Morgan fingerprint density at radius 2 is 2.06 bits per heavy atom. The zero-order chi connectivity index (χ0) is 12.4. The standard InChI is InChI=1S/C13H14N2OS/c1-8-3-4-11(9(2)5-8)12-6-10(7-17)13(16)15-14-12/h3-6,17H,7H2,1-2H3,(H,15,16). The molecular formula is C13H14N2OS. The molecule has 1 heterocycles. The van der Waals surface area contributed by atoms with Crippen LogP contribution in [0.25, 0.3) is 11.3 Å². The molecule has 0 atom stereocenters. The van der Waals surface area contributed by atoms with Crippen LogP contribution >= 0.6 is 12.6 Å². The Morgan fingerprint density at radius 1 is 1.29 bits per heavy atom. The van der Waals surface area contributed by atoms with Crippen molar-refractivity contribution >= 4 is 12.6 Å². The second-order valence-electron chi connectivity index (χ2n) is 4.08. The van der Waals surface area contributed by atoms with Crippen molar-refractivity contribution in [2.75, 3.05) is 0 Å². The van der Waals surface area contributed by atoms with Gasteiger partial charge in [0.25, 0.3) is 5.56 Å². The van der Waals surface area contributed by atoms with E-state index in [0.717, 1.165) is 16.8 Å². The van der Waals surface area contributed by atoms with Crippen LogP contribution in [0.15, 0.2) is 29.1 Å². The summed E-state index contributed by atoms with van der Waals surface area (Å²) in [5.74, 6) is 0.412. The van der Waals surface area contributed by atoms with Gasteiger partial charge in [-0.2, -0.15) is 17.7 Å². The molecule has 0 saturated carbocycles. The molecule has 3 nitrogen and oxygen atoms in total. The molecule has 0 fully saturated rings. The van der Waals surface area contributed by atoms with E-state index in [-0.39, 0.29) is 5.56 Å². The predicted octanol–water partition coefficient (Wildman–Crippen LogP) is 2.48. The number of rotatable bonds is 2. The molecule has 4 heteroatoms. The van der Waals surface area contributed by atoms with Crippen LogP contribution in [0.4, 0.5) is 0 Å². The highest BCUT2D eigenvalue weighted by atomic mass is 32.1. The van der Waals surface area contributed by atoms with E-state index in [1.165, 1.54) is 5.56 Å². The van der Waals surface area contributed by atoms with Crippen molar-refractivity contribution in [3.63, 3.8) is 0 Å². The van der Waals surface area contributed by atoms with Gasteiger partial charge in [0.2, 0.25) is 0 Å². The quantitative estimate of drug-likeness (QED) is 0.800. The molecule has 2 aromatic rings. The molecule has 0 amide bonds. The van der Waals surface area contributed by atoms with Gasteiger partial charge in [-0.15, -0.1) is 0 Å². The summed E-state index contributed by atoms with van der Waals surface area (Å²) in [7, 11) is 0. The summed E-state index contributed by atoms with van der Waals surface area (Å²) in [6.45, 7) is 4.09. The smallest absolute Gasteiger partial charge is 0.268 e. The maximum Gasteiger partial charge on any atom is 0.268 e. The Bertz CT molecular complexity index is 605. The second kappa shape index (κ2) is 4.75. The first kappa shape index (κ1) is 11.9. The summed E-state index contributed by atoms with van der Waals surface area (Å²) in [6.07, 6.45) is 0.